The van der Waals surface area contributed by atoms with Crippen LogP contribution in [0.15, 0.2) is 72.8 Å². The highest BCUT2D eigenvalue weighted by Crippen LogP contribution is 2.34. The number of aliphatic hydroxyl groups is 1. The van der Waals surface area contributed by atoms with E-state index in [1.165, 1.54) is 22.0 Å². The van der Waals surface area contributed by atoms with Gasteiger partial charge in [0.15, 0.2) is 0 Å². The molecule has 3 aromatic rings. The van der Waals surface area contributed by atoms with Crippen molar-refractivity contribution >= 4 is 16.5 Å². The molecule has 2 atom stereocenters. The average molecular weight is 303 g/mol. The Hall–Kier alpha value is -2.32. The smallest absolute Gasteiger partial charge is 0.0784 e. The summed E-state index contributed by atoms with van der Waals surface area (Å²) in [7, 11) is 0. The quantitative estimate of drug-likeness (QED) is 0.767. The molecule has 0 aromatic heterocycles. The number of nitrogens with zero attached hydrogens (tertiary/aromatic N) is 1. The van der Waals surface area contributed by atoms with Crippen LogP contribution in [0, 0.1) is 0 Å². The van der Waals surface area contributed by atoms with Gasteiger partial charge in [-0.15, -0.1) is 0 Å². The lowest BCUT2D eigenvalue weighted by atomic mass is 9.84. The number of piperidine rings is 1. The minimum atomic E-state index is -0.338. The van der Waals surface area contributed by atoms with Gasteiger partial charge in [0.1, 0.15) is 0 Å². The van der Waals surface area contributed by atoms with E-state index in [2.05, 4.69) is 71.6 Å². The van der Waals surface area contributed by atoms with Crippen LogP contribution in [0.2, 0.25) is 0 Å². The molecule has 0 amide bonds. The fourth-order valence-electron chi connectivity index (χ4n) is 3.74. The third-order valence-corrected chi connectivity index (χ3v) is 4.93. The van der Waals surface area contributed by atoms with E-state index in [4.69, 9.17) is 0 Å². The summed E-state index contributed by atoms with van der Waals surface area (Å²) >= 11 is 0. The summed E-state index contributed by atoms with van der Waals surface area (Å²) in [6, 6.07) is 25.3. The van der Waals surface area contributed by atoms with Crippen LogP contribution in [0.3, 0.4) is 0 Å². The fourth-order valence-corrected chi connectivity index (χ4v) is 3.74. The molecule has 4 rings (SSSR count). The summed E-state index contributed by atoms with van der Waals surface area (Å²) in [6.45, 7) is 1.67. The SMILES string of the molecule is OC1CN(c2ccccc2)CCC1c1cccc2ccccc12. The maximum atomic E-state index is 10.8. The first kappa shape index (κ1) is 14.3. The Morgan fingerprint density at radius 3 is 2.39 bits per heavy atom. The molecule has 1 aliphatic heterocycles. The first-order valence-corrected chi connectivity index (χ1v) is 8.28. The van der Waals surface area contributed by atoms with E-state index in [1.807, 2.05) is 6.07 Å². The van der Waals surface area contributed by atoms with Crippen molar-refractivity contribution in [1.29, 1.82) is 0 Å². The summed E-state index contributed by atoms with van der Waals surface area (Å²) in [6.07, 6.45) is 0.638. The topological polar surface area (TPSA) is 23.5 Å². The van der Waals surface area contributed by atoms with E-state index in [1.54, 1.807) is 0 Å². The van der Waals surface area contributed by atoms with Crippen LogP contribution in [0.1, 0.15) is 17.9 Å². The lowest BCUT2D eigenvalue weighted by molar-refractivity contribution is 0.130. The zero-order chi connectivity index (χ0) is 15.6. The Bertz CT molecular complexity index is 794. The summed E-state index contributed by atoms with van der Waals surface area (Å²) in [5.41, 5.74) is 2.48. The normalized spacial score (nSPS) is 21.5. The van der Waals surface area contributed by atoms with Gasteiger partial charge in [0.05, 0.1) is 6.10 Å². The van der Waals surface area contributed by atoms with Crippen LogP contribution >= 0.6 is 0 Å². The minimum Gasteiger partial charge on any atom is -0.391 e. The molecule has 1 N–H and O–H groups in total. The Kier molecular flexibility index (Phi) is 3.76. The molecule has 3 aromatic carbocycles. The first-order chi connectivity index (χ1) is 11.3. The van der Waals surface area contributed by atoms with E-state index < -0.39 is 0 Å². The van der Waals surface area contributed by atoms with Crippen molar-refractivity contribution in [3.63, 3.8) is 0 Å². The minimum absolute atomic E-state index is 0.209. The van der Waals surface area contributed by atoms with Gasteiger partial charge in [-0.2, -0.15) is 0 Å². The van der Waals surface area contributed by atoms with Crippen LogP contribution in [-0.2, 0) is 0 Å². The van der Waals surface area contributed by atoms with E-state index in [0.29, 0.717) is 6.54 Å². The standard InChI is InChI=1S/C21H21NO/c23-21-15-22(17-9-2-1-3-10-17)14-13-20(21)19-12-6-8-16-7-4-5-11-18(16)19/h1-12,20-21,23H,13-15H2. The molecular formula is C21H21NO. The highest BCUT2D eigenvalue weighted by atomic mass is 16.3. The summed E-state index contributed by atoms with van der Waals surface area (Å²) < 4.78 is 0. The molecule has 1 heterocycles. The van der Waals surface area contributed by atoms with Crippen LogP contribution in [0.25, 0.3) is 10.8 Å². The molecule has 0 aliphatic carbocycles. The van der Waals surface area contributed by atoms with E-state index in [0.717, 1.165) is 13.0 Å². The van der Waals surface area contributed by atoms with Gasteiger partial charge in [-0.3, -0.25) is 0 Å². The van der Waals surface area contributed by atoms with Crippen molar-refractivity contribution < 1.29 is 5.11 Å². The Labute approximate surface area is 137 Å². The third kappa shape index (κ3) is 2.71. The number of benzene rings is 3. The number of fused-ring (bicyclic) bond motifs is 1. The van der Waals surface area contributed by atoms with Gasteiger partial charge < -0.3 is 10.0 Å². The van der Waals surface area contributed by atoms with Crippen molar-refractivity contribution in [3.8, 4) is 0 Å². The monoisotopic (exact) mass is 303 g/mol. The zero-order valence-electron chi connectivity index (χ0n) is 13.1. The molecular weight excluding hydrogens is 282 g/mol. The average Bonchev–Trinajstić information content (AvgIpc) is 2.62. The number of hydrogen-bond acceptors (Lipinski definition) is 2. The molecule has 0 radical (unpaired) electrons. The second-order valence-corrected chi connectivity index (χ2v) is 6.31. The molecule has 0 saturated carbocycles. The molecule has 2 nitrogen and oxygen atoms in total. The summed E-state index contributed by atoms with van der Waals surface area (Å²) in [5, 5.41) is 13.3. The second-order valence-electron chi connectivity index (χ2n) is 6.31. The number of aliphatic hydroxyl groups excluding tert-OH is 1. The van der Waals surface area contributed by atoms with Crippen LogP contribution < -0.4 is 4.90 Å². The van der Waals surface area contributed by atoms with Gasteiger partial charge in [-0.1, -0.05) is 60.7 Å². The third-order valence-electron chi connectivity index (χ3n) is 4.93. The Balaban J connectivity index is 1.62. The lowest BCUT2D eigenvalue weighted by Gasteiger charge is -2.38. The molecule has 2 unspecified atom stereocenters. The zero-order valence-corrected chi connectivity index (χ0v) is 13.1. The first-order valence-electron chi connectivity index (χ1n) is 8.28. The van der Waals surface area contributed by atoms with Gasteiger partial charge in [-0.25, -0.2) is 0 Å². The number of para-hydroxylation sites is 1. The van der Waals surface area contributed by atoms with E-state index in [-0.39, 0.29) is 12.0 Å². The lowest BCUT2D eigenvalue weighted by Crippen LogP contribution is -2.42. The van der Waals surface area contributed by atoms with Crippen molar-refractivity contribution in [2.24, 2.45) is 0 Å². The van der Waals surface area contributed by atoms with Crippen molar-refractivity contribution in [2.75, 3.05) is 18.0 Å². The van der Waals surface area contributed by atoms with E-state index >= 15 is 0 Å². The highest BCUT2D eigenvalue weighted by molar-refractivity contribution is 5.86. The number of hydrogen-bond donors (Lipinski definition) is 1. The molecule has 1 fully saturated rings. The van der Waals surface area contributed by atoms with E-state index in [9.17, 15) is 5.11 Å². The molecule has 1 saturated heterocycles. The van der Waals surface area contributed by atoms with Gasteiger partial charge >= 0.3 is 0 Å². The molecule has 0 spiro atoms. The number of anilines is 1. The van der Waals surface area contributed by atoms with Crippen molar-refractivity contribution in [2.45, 2.75) is 18.4 Å². The van der Waals surface area contributed by atoms with Gasteiger partial charge in [0.25, 0.3) is 0 Å². The van der Waals surface area contributed by atoms with Crippen LogP contribution in [-0.4, -0.2) is 24.3 Å². The second kappa shape index (κ2) is 6.05. The van der Waals surface area contributed by atoms with Gasteiger partial charge in [0, 0.05) is 24.7 Å². The summed E-state index contributed by atoms with van der Waals surface area (Å²) in [5.74, 6) is 0.209. The predicted molar refractivity (Wildman–Crippen MR) is 96.0 cm³/mol. The fraction of sp³-hybridized carbons (Fsp3) is 0.238. The van der Waals surface area contributed by atoms with Crippen molar-refractivity contribution in [3.05, 3.63) is 78.4 Å². The highest BCUT2D eigenvalue weighted by Gasteiger charge is 2.29. The molecule has 2 heteroatoms. The molecule has 23 heavy (non-hydrogen) atoms. The number of β-amino-alcohol motifs (C(OH)–C–C–N with tert-alkyl or cyclic N) is 1. The van der Waals surface area contributed by atoms with Crippen LogP contribution in [0.4, 0.5) is 5.69 Å². The Morgan fingerprint density at radius 2 is 1.57 bits per heavy atom. The largest absolute Gasteiger partial charge is 0.391 e. The van der Waals surface area contributed by atoms with Crippen LogP contribution in [0.5, 0.6) is 0 Å². The predicted octanol–water partition coefficient (Wildman–Crippen LogP) is 4.19. The molecule has 116 valence electrons. The molecule has 1 aliphatic rings. The van der Waals surface area contributed by atoms with Gasteiger partial charge in [0.2, 0.25) is 0 Å². The maximum absolute atomic E-state index is 10.8. The maximum Gasteiger partial charge on any atom is 0.0784 e. The summed E-state index contributed by atoms with van der Waals surface area (Å²) in [4.78, 5) is 2.28. The molecule has 0 bridgehead atoms. The Morgan fingerprint density at radius 1 is 0.826 bits per heavy atom. The van der Waals surface area contributed by atoms with Crippen molar-refractivity contribution in [1.82, 2.24) is 0 Å². The van der Waals surface area contributed by atoms with Gasteiger partial charge in [-0.05, 0) is 34.9 Å². The number of rotatable bonds is 2.